The van der Waals surface area contributed by atoms with E-state index in [1.807, 2.05) is 0 Å². The molecule has 0 heterocycles. The number of rotatable bonds is 0. The first-order chi connectivity index (χ1) is 5.50. The highest BCUT2D eigenvalue weighted by Crippen LogP contribution is 2.58. The Hall–Kier alpha value is 1.16. The molecule has 0 aromatic carbocycles. The molecule has 0 saturated heterocycles. The van der Waals surface area contributed by atoms with Crippen molar-refractivity contribution in [3.8, 4) is 0 Å². The van der Waals surface area contributed by atoms with Gasteiger partial charge in [0.05, 0.1) is 0 Å². The summed E-state index contributed by atoms with van der Waals surface area (Å²) >= 11 is 23.8. The van der Waals surface area contributed by atoms with E-state index in [9.17, 15) is 0 Å². The lowest BCUT2D eigenvalue weighted by Gasteiger charge is -2.31. The minimum absolute atomic E-state index is 0.0721. The molecular weight excluding hydrogens is 238 g/mol. The summed E-state index contributed by atoms with van der Waals surface area (Å²) < 4.78 is -1.16. The summed E-state index contributed by atoms with van der Waals surface area (Å²) in [6, 6.07) is 0. The molecule has 2 bridgehead atoms. The maximum absolute atomic E-state index is 6.21. The average Bonchev–Trinajstić information content (AvgIpc) is 2.42. The van der Waals surface area contributed by atoms with Gasteiger partial charge < -0.3 is 0 Å². The molecule has 2 aliphatic rings. The molecule has 2 aliphatic carbocycles. The number of alkyl halides is 4. The van der Waals surface area contributed by atoms with Gasteiger partial charge in [-0.1, -0.05) is 34.8 Å². The minimum atomic E-state index is -1.16. The van der Waals surface area contributed by atoms with E-state index in [0.717, 1.165) is 6.42 Å². The Morgan fingerprint density at radius 3 is 1.92 bits per heavy atom. The second kappa shape index (κ2) is 3.08. The molecule has 2 rings (SSSR count). The highest BCUT2D eigenvalue weighted by molar-refractivity contribution is 6.68. The van der Waals surface area contributed by atoms with Gasteiger partial charge in [-0.15, -0.1) is 11.6 Å². The van der Waals surface area contributed by atoms with Crippen LogP contribution in [0.3, 0.4) is 0 Å². The molecule has 0 aromatic heterocycles. The summed E-state index contributed by atoms with van der Waals surface area (Å²) in [5.74, 6) is 1.21. The van der Waals surface area contributed by atoms with E-state index < -0.39 is 3.79 Å². The number of hydrogen-bond acceptors (Lipinski definition) is 0. The van der Waals surface area contributed by atoms with Gasteiger partial charge in [0.15, 0.2) is 3.79 Å². The van der Waals surface area contributed by atoms with Crippen molar-refractivity contribution in [2.75, 3.05) is 0 Å². The Balaban J connectivity index is 2.17. The fourth-order valence-electron chi connectivity index (χ4n) is 2.67. The van der Waals surface area contributed by atoms with Crippen LogP contribution in [0.1, 0.15) is 19.3 Å². The van der Waals surface area contributed by atoms with E-state index in [4.69, 9.17) is 46.4 Å². The van der Waals surface area contributed by atoms with Crippen LogP contribution in [0.15, 0.2) is 0 Å². The zero-order valence-electron chi connectivity index (χ0n) is 6.44. The maximum atomic E-state index is 6.21. The molecule has 4 atom stereocenters. The zero-order chi connectivity index (χ0) is 8.93. The minimum Gasteiger partial charge on any atom is -0.122 e. The van der Waals surface area contributed by atoms with Gasteiger partial charge in [-0.25, -0.2) is 0 Å². The fraction of sp³-hybridized carbons (Fsp3) is 1.00. The summed E-state index contributed by atoms with van der Waals surface area (Å²) in [5, 5.41) is 0.0799. The highest BCUT2D eigenvalue weighted by Gasteiger charge is 2.54. The molecule has 4 heteroatoms. The van der Waals surface area contributed by atoms with Crippen LogP contribution >= 0.6 is 46.4 Å². The van der Waals surface area contributed by atoms with Crippen molar-refractivity contribution in [3.05, 3.63) is 0 Å². The Bertz CT molecular complexity index is 184. The van der Waals surface area contributed by atoms with Crippen molar-refractivity contribution in [2.24, 2.45) is 17.8 Å². The zero-order valence-corrected chi connectivity index (χ0v) is 9.47. The summed E-state index contributed by atoms with van der Waals surface area (Å²) in [7, 11) is 0. The first-order valence-electron chi connectivity index (χ1n) is 4.21. The van der Waals surface area contributed by atoms with Crippen molar-refractivity contribution >= 4 is 46.4 Å². The van der Waals surface area contributed by atoms with Crippen molar-refractivity contribution in [1.82, 2.24) is 0 Å². The van der Waals surface area contributed by atoms with Gasteiger partial charge >= 0.3 is 0 Å². The van der Waals surface area contributed by atoms with Crippen molar-refractivity contribution in [3.63, 3.8) is 0 Å². The highest BCUT2D eigenvalue weighted by atomic mass is 35.6. The molecule has 2 saturated carbocycles. The largest absolute Gasteiger partial charge is 0.195 e. The molecule has 0 N–H and O–H groups in total. The van der Waals surface area contributed by atoms with Crippen molar-refractivity contribution in [2.45, 2.75) is 28.4 Å². The lowest BCUT2D eigenvalue weighted by Crippen LogP contribution is -2.33. The molecule has 0 nitrogen and oxygen atoms in total. The second-order valence-corrected chi connectivity index (χ2v) is 6.72. The lowest BCUT2D eigenvalue weighted by molar-refractivity contribution is 0.344. The molecular formula is C8H10Cl4. The Morgan fingerprint density at radius 2 is 1.58 bits per heavy atom. The molecule has 2 unspecified atom stereocenters. The van der Waals surface area contributed by atoms with Crippen LogP contribution in [0.2, 0.25) is 0 Å². The molecule has 0 aromatic rings. The molecule has 0 aliphatic heterocycles. The predicted molar refractivity (Wildman–Crippen MR) is 54.3 cm³/mol. The topological polar surface area (TPSA) is 0 Å². The smallest absolute Gasteiger partial charge is 0.122 e. The Kier molecular flexibility index (Phi) is 2.49. The van der Waals surface area contributed by atoms with E-state index in [1.54, 1.807) is 0 Å². The van der Waals surface area contributed by atoms with Gasteiger partial charge in [0, 0.05) is 11.3 Å². The van der Waals surface area contributed by atoms with Crippen molar-refractivity contribution in [1.29, 1.82) is 0 Å². The second-order valence-electron chi connectivity index (χ2n) is 3.85. The molecule has 12 heavy (non-hydrogen) atoms. The average molecular weight is 248 g/mol. The molecule has 0 amide bonds. The molecule has 70 valence electrons. The first kappa shape index (κ1) is 9.71. The van der Waals surface area contributed by atoms with E-state index in [0.29, 0.717) is 11.8 Å². The van der Waals surface area contributed by atoms with E-state index >= 15 is 0 Å². The summed E-state index contributed by atoms with van der Waals surface area (Å²) in [4.78, 5) is 0. The van der Waals surface area contributed by atoms with Crippen LogP contribution in [0.5, 0.6) is 0 Å². The van der Waals surface area contributed by atoms with Gasteiger partial charge in [0.2, 0.25) is 0 Å². The molecule has 0 spiro atoms. The third-order valence-corrected chi connectivity index (χ3v) is 4.58. The normalized spacial score (nSPS) is 47.0. The number of hydrogen-bond donors (Lipinski definition) is 0. The van der Waals surface area contributed by atoms with Crippen LogP contribution in [-0.2, 0) is 0 Å². The van der Waals surface area contributed by atoms with Gasteiger partial charge in [-0.3, -0.25) is 0 Å². The fourth-order valence-corrected chi connectivity index (χ4v) is 4.43. The predicted octanol–water partition coefficient (Wildman–Crippen LogP) is 4.01. The van der Waals surface area contributed by atoms with Crippen LogP contribution < -0.4 is 0 Å². The first-order valence-corrected chi connectivity index (χ1v) is 5.78. The number of fused-ring (bicyclic) bond motifs is 2. The standard InChI is InChI=1S/C8H10Cl4/c9-7-5-2-1-4(3-5)6(7)8(10,11)12/h4-7H,1-3H2/t4?,5?,6-,7-/m1/s1. The van der Waals surface area contributed by atoms with Gasteiger partial charge in [-0.2, -0.15) is 0 Å². The van der Waals surface area contributed by atoms with Gasteiger partial charge in [0.1, 0.15) is 0 Å². The van der Waals surface area contributed by atoms with Gasteiger partial charge in [-0.05, 0) is 31.1 Å². The van der Waals surface area contributed by atoms with E-state index in [-0.39, 0.29) is 11.3 Å². The van der Waals surface area contributed by atoms with Crippen LogP contribution in [0, 0.1) is 17.8 Å². The summed E-state index contributed by atoms with van der Waals surface area (Å²) in [6.07, 6.45) is 3.56. The van der Waals surface area contributed by atoms with Crippen LogP contribution in [-0.4, -0.2) is 9.17 Å². The third-order valence-electron chi connectivity index (χ3n) is 3.19. The third kappa shape index (κ3) is 1.45. The van der Waals surface area contributed by atoms with Gasteiger partial charge in [0.25, 0.3) is 0 Å². The quantitative estimate of drug-likeness (QED) is 0.568. The van der Waals surface area contributed by atoms with E-state index in [2.05, 4.69) is 0 Å². The maximum Gasteiger partial charge on any atom is 0.195 e. The van der Waals surface area contributed by atoms with Crippen LogP contribution in [0.25, 0.3) is 0 Å². The summed E-state index contributed by atoms with van der Waals surface area (Å²) in [5.41, 5.74) is 0. The Morgan fingerprint density at radius 1 is 1.00 bits per heavy atom. The number of halogens is 4. The molecule has 0 radical (unpaired) electrons. The summed E-state index contributed by atoms with van der Waals surface area (Å²) in [6.45, 7) is 0. The van der Waals surface area contributed by atoms with Crippen molar-refractivity contribution < 1.29 is 0 Å². The van der Waals surface area contributed by atoms with E-state index in [1.165, 1.54) is 12.8 Å². The molecule has 2 fully saturated rings. The van der Waals surface area contributed by atoms with Crippen LogP contribution in [0.4, 0.5) is 0 Å². The monoisotopic (exact) mass is 246 g/mol. The SMILES string of the molecule is Cl[C@@H]1C2CCC(C2)[C@H]1C(Cl)(Cl)Cl. The Labute approximate surface area is 92.5 Å². The lowest BCUT2D eigenvalue weighted by atomic mass is 9.89.